The highest BCUT2D eigenvalue weighted by Crippen LogP contribution is 1.82. The molecule has 0 saturated heterocycles. The molecular weight excluding hydrogens is 160 g/mol. The fraction of sp³-hybridized carbons (Fsp3) is 0.750. The van der Waals surface area contributed by atoms with Crippen LogP contribution in [0.25, 0.3) is 0 Å². The number of aliphatic hydroxyl groups excluding tert-OH is 1. The highest BCUT2D eigenvalue weighted by molar-refractivity contribution is 4.43. The van der Waals surface area contributed by atoms with Gasteiger partial charge in [0.2, 0.25) is 0 Å². The van der Waals surface area contributed by atoms with Gasteiger partial charge in [-0.25, -0.2) is 0 Å². The molecular formula is C8H20O4. The van der Waals surface area contributed by atoms with Crippen LogP contribution in [0.15, 0.2) is 12.8 Å². The first-order valence-electron chi connectivity index (χ1n) is 3.36. The fourth-order valence-corrected chi connectivity index (χ4v) is 0.0962. The maximum Gasteiger partial charge on any atom is 0.154 e. The summed E-state index contributed by atoms with van der Waals surface area (Å²) in [6.45, 7) is 5.09. The summed E-state index contributed by atoms with van der Waals surface area (Å²) in [6, 6.07) is 0. The lowest BCUT2D eigenvalue weighted by molar-refractivity contribution is -0.0877. The van der Waals surface area contributed by atoms with Crippen LogP contribution in [0.4, 0.5) is 0 Å². The summed E-state index contributed by atoms with van der Waals surface area (Å²) in [5.74, 6) is 0. The minimum absolute atomic E-state index is 0.0648. The van der Waals surface area contributed by atoms with Crippen molar-refractivity contribution in [2.45, 2.75) is 13.2 Å². The molecule has 0 aromatic heterocycles. The molecule has 0 aliphatic rings. The maximum atomic E-state index is 7.00. The molecule has 0 aromatic carbocycles. The molecule has 0 atom stereocenters. The van der Waals surface area contributed by atoms with Gasteiger partial charge in [-0.3, -0.25) is 0 Å². The molecule has 1 N–H and O–H groups in total. The molecule has 76 valence electrons. The van der Waals surface area contributed by atoms with Crippen molar-refractivity contribution in [3.8, 4) is 0 Å². The molecule has 4 nitrogen and oxygen atoms in total. The number of ether oxygens (including phenoxy) is 3. The molecule has 0 spiro atoms. The van der Waals surface area contributed by atoms with Crippen LogP contribution in [0.3, 0.4) is 0 Å². The lowest BCUT2D eigenvalue weighted by Crippen LogP contribution is -2.05. The third-order valence-corrected chi connectivity index (χ3v) is 0.831. The lowest BCUT2D eigenvalue weighted by atomic mass is 10.8. The SMILES string of the molecule is C=COC.CO.COC(C)OC. The van der Waals surface area contributed by atoms with Gasteiger partial charge in [-0.15, -0.1) is 0 Å². The van der Waals surface area contributed by atoms with Crippen LogP contribution < -0.4 is 0 Å². The van der Waals surface area contributed by atoms with E-state index in [1.165, 1.54) is 6.26 Å². The van der Waals surface area contributed by atoms with Crippen molar-refractivity contribution in [2.75, 3.05) is 28.4 Å². The van der Waals surface area contributed by atoms with Crippen molar-refractivity contribution in [1.82, 2.24) is 0 Å². The van der Waals surface area contributed by atoms with Crippen LogP contribution in [-0.4, -0.2) is 39.8 Å². The topological polar surface area (TPSA) is 47.9 Å². The zero-order valence-electron chi connectivity index (χ0n) is 8.53. The third-order valence-electron chi connectivity index (χ3n) is 0.831. The highest BCUT2D eigenvalue weighted by atomic mass is 16.7. The van der Waals surface area contributed by atoms with Crippen LogP contribution in [0, 0.1) is 0 Å². The summed E-state index contributed by atoms with van der Waals surface area (Å²) >= 11 is 0. The third kappa shape index (κ3) is 34.2. The number of hydrogen-bond acceptors (Lipinski definition) is 4. The molecule has 0 rings (SSSR count). The van der Waals surface area contributed by atoms with E-state index in [0.29, 0.717) is 0 Å². The van der Waals surface area contributed by atoms with Gasteiger partial charge in [-0.2, -0.15) is 0 Å². The van der Waals surface area contributed by atoms with Gasteiger partial charge in [-0.05, 0) is 6.92 Å². The molecule has 0 aliphatic heterocycles. The van der Waals surface area contributed by atoms with E-state index < -0.39 is 0 Å². The largest absolute Gasteiger partial charge is 0.505 e. The molecule has 0 unspecified atom stereocenters. The quantitative estimate of drug-likeness (QED) is 0.520. The normalized spacial score (nSPS) is 7.25. The molecule has 0 aromatic rings. The molecule has 0 saturated carbocycles. The van der Waals surface area contributed by atoms with E-state index >= 15 is 0 Å². The van der Waals surface area contributed by atoms with Gasteiger partial charge in [0.15, 0.2) is 6.29 Å². The number of rotatable bonds is 3. The van der Waals surface area contributed by atoms with Crippen LogP contribution >= 0.6 is 0 Å². The van der Waals surface area contributed by atoms with E-state index in [2.05, 4.69) is 20.8 Å². The van der Waals surface area contributed by atoms with E-state index in [-0.39, 0.29) is 6.29 Å². The number of methoxy groups -OCH3 is 3. The number of hydrogen-bond donors (Lipinski definition) is 1. The standard InChI is InChI=1S/C4H10O2.C3H6O.CH4O/c1-4(5-2)6-3;1-3-4-2;1-2/h4H,1-3H3;3H,1H2,2H3;2H,1H3. The van der Waals surface area contributed by atoms with Gasteiger partial charge < -0.3 is 19.3 Å². The fourth-order valence-electron chi connectivity index (χ4n) is 0.0962. The minimum atomic E-state index is -0.0648. The molecule has 0 aliphatic carbocycles. The van der Waals surface area contributed by atoms with E-state index in [1.54, 1.807) is 21.3 Å². The van der Waals surface area contributed by atoms with E-state index in [4.69, 9.17) is 5.11 Å². The first-order valence-corrected chi connectivity index (χ1v) is 3.36. The van der Waals surface area contributed by atoms with Crippen molar-refractivity contribution in [3.63, 3.8) is 0 Å². The van der Waals surface area contributed by atoms with Crippen LogP contribution in [0.2, 0.25) is 0 Å². The predicted molar refractivity (Wildman–Crippen MR) is 48.8 cm³/mol. The van der Waals surface area contributed by atoms with E-state index in [9.17, 15) is 0 Å². The van der Waals surface area contributed by atoms with Crippen molar-refractivity contribution in [2.24, 2.45) is 0 Å². The molecule has 0 bridgehead atoms. The summed E-state index contributed by atoms with van der Waals surface area (Å²) in [7, 11) is 5.77. The zero-order chi connectivity index (χ0) is 10.4. The smallest absolute Gasteiger partial charge is 0.154 e. The highest BCUT2D eigenvalue weighted by Gasteiger charge is 1.87. The Labute approximate surface area is 74.8 Å². The first-order chi connectivity index (χ1) is 5.72. The maximum absolute atomic E-state index is 7.00. The summed E-state index contributed by atoms with van der Waals surface area (Å²) in [6.07, 6.45) is 1.31. The summed E-state index contributed by atoms with van der Waals surface area (Å²) in [5.41, 5.74) is 0. The van der Waals surface area contributed by atoms with Gasteiger partial charge in [0, 0.05) is 21.3 Å². The molecule has 0 amide bonds. The minimum Gasteiger partial charge on any atom is -0.505 e. The van der Waals surface area contributed by atoms with Crippen molar-refractivity contribution >= 4 is 0 Å². The first kappa shape index (κ1) is 17.5. The average Bonchev–Trinajstić information content (AvgIpc) is 2.20. The van der Waals surface area contributed by atoms with Crippen molar-refractivity contribution in [1.29, 1.82) is 0 Å². The summed E-state index contributed by atoms with van der Waals surface area (Å²) < 4.78 is 13.7. The lowest BCUT2D eigenvalue weighted by Gasteiger charge is -2.03. The van der Waals surface area contributed by atoms with Gasteiger partial charge in [0.25, 0.3) is 0 Å². The Balaban J connectivity index is -0.000000118. The molecule has 0 fully saturated rings. The predicted octanol–water partition coefficient (Wildman–Crippen LogP) is 1.01. The zero-order valence-corrected chi connectivity index (χ0v) is 8.53. The Morgan fingerprint density at radius 1 is 1.17 bits per heavy atom. The second kappa shape index (κ2) is 22.4. The Kier molecular flexibility index (Phi) is 32.7. The molecule has 12 heavy (non-hydrogen) atoms. The molecule has 0 radical (unpaired) electrons. The Morgan fingerprint density at radius 2 is 1.42 bits per heavy atom. The van der Waals surface area contributed by atoms with Gasteiger partial charge >= 0.3 is 0 Å². The van der Waals surface area contributed by atoms with E-state index in [0.717, 1.165) is 7.11 Å². The van der Waals surface area contributed by atoms with Crippen LogP contribution in [0.5, 0.6) is 0 Å². The van der Waals surface area contributed by atoms with Crippen LogP contribution in [-0.2, 0) is 14.2 Å². The summed E-state index contributed by atoms with van der Waals surface area (Å²) in [4.78, 5) is 0. The monoisotopic (exact) mass is 180 g/mol. The second-order valence-electron chi connectivity index (χ2n) is 1.44. The van der Waals surface area contributed by atoms with Crippen molar-refractivity contribution in [3.05, 3.63) is 12.8 Å². The Hall–Kier alpha value is -0.580. The van der Waals surface area contributed by atoms with Gasteiger partial charge in [0.05, 0.1) is 13.4 Å². The van der Waals surface area contributed by atoms with Crippen molar-refractivity contribution < 1.29 is 19.3 Å². The van der Waals surface area contributed by atoms with E-state index in [1.807, 2.05) is 6.92 Å². The number of aliphatic hydroxyl groups is 1. The summed E-state index contributed by atoms with van der Waals surface area (Å²) in [5, 5.41) is 7.00. The average molecular weight is 180 g/mol. The Bertz CT molecular complexity index is 62.1. The molecule has 4 heteroatoms. The van der Waals surface area contributed by atoms with Crippen LogP contribution in [0.1, 0.15) is 6.92 Å². The second-order valence-corrected chi connectivity index (χ2v) is 1.44. The van der Waals surface area contributed by atoms with Gasteiger partial charge in [0.1, 0.15) is 0 Å². The Morgan fingerprint density at radius 3 is 1.42 bits per heavy atom. The molecule has 0 heterocycles. The van der Waals surface area contributed by atoms with Gasteiger partial charge in [-0.1, -0.05) is 6.58 Å².